The van der Waals surface area contributed by atoms with Gasteiger partial charge in [-0.2, -0.15) is 0 Å². The van der Waals surface area contributed by atoms with Crippen molar-refractivity contribution in [2.45, 2.75) is 20.8 Å². The highest BCUT2D eigenvalue weighted by atomic mass is 79.9. The van der Waals surface area contributed by atoms with E-state index in [2.05, 4.69) is 41.6 Å². The molecule has 0 radical (unpaired) electrons. The lowest BCUT2D eigenvalue weighted by atomic mass is 9.76. The number of nitrogens with zero attached hydrogens (tertiary/aromatic N) is 1. The van der Waals surface area contributed by atoms with E-state index in [1.807, 2.05) is 6.07 Å². The van der Waals surface area contributed by atoms with Crippen LogP contribution in [0.4, 0.5) is 10.1 Å². The van der Waals surface area contributed by atoms with Crippen molar-refractivity contribution in [2.24, 2.45) is 11.3 Å². The second kappa shape index (κ2) is 4.02. The summed E-state index contributed by atoms with van der Waals surface area (Å²) in [4.78, 5) is 2.23. The van der Waals surface area contributed by atoms with Crippen LogP contribution in [0.5, 0.6) is 0 Å². The number of hydrogen-bond acceptors (Lipinski definition) is 1. The lowest BCUT2D eigenvalue weighted by Gasteiger charge is -2.47. The van der Waals surface area contributed by atoms with Crippen LogP contribution in [0.15, 0.2) is 22.7 Å². The molecule has 0 saturated carbocycles. The van der Waals surface area contributed by atoms with Crippen molar-refractivity contribution in [1.29, 1.82) is 0 Å². The monoisotopic (exact) mass is 285 g/mol. The molecule has 1 saturated heterocycles. The molecule has 1 aliphatic heterocycles. The van der Waals surface area contributed by atoms with E-state index in [1.165, 1.54) is 0 Å². The average Bonchev–Trinajstić information content (AvgIpc) is 2.06. The number of benzene rings is 1. The van der Waals surface area contributed by atoms with Crippen molar-refractivity contribution >= 4 is 21.6 Å². The Morgan fingerprint density at radius 1 is 1.31 bits per heavy atom. The number of halogens is 2. The molecule has 1 aromatic rings. The Morgan fingerprint density at radius 3 is 2.44 bits per heavy atom. The Bertz CT molecular complexity index is 391. The summed E-state index contributed by atoms with van der Waals surface area (Å²) in [5.41, 5.74) is 1.34. The van der Waals surface area contributed by atoms with Crippen molar-refractivity contribution in [3.63, 3.8) is 0 Å². The van der Waals surface area contributed by atoms with Gasteiger partial charge in [-0.3, -0.25) is 0 Å². The van der Waals surface area contributed by atoms with Gasteiger partial charge in [-0.1, -0.05) is 20.8 Å². The zero-order valence-corrected chi connectivity index (χ0v) is 11.5. The van der Waals surface area contributed by atoms with Gasteiger partial charge in [0.1, 0.15) is 5.82 Å². The Labute approximate surface area is 105 Å². The van der Waals surface area contributed by atoms with Gasteiger partial charge in [0.05, 0.1) is 4.47 Å². The van der Waals surface area contributed by atoms with Gasteiger partial charge in [-0.05, 0) is 45.5 Å². The van der Waals surface area contributed by atoms with Crippen LogP contribution in [0.1, 0.15) is 20.8 Å². The lowest BCUT2D eigenvalue weighted by molar-refractivity contribution is 0.195. The predicted molar refractivity (Wildman–Crippen MR) is 69.3 cm³/mol. The Kier molecular flexibility index (Phi) is 2.99. The van der Waals surface area contributed by atoms with Crippen molar-refractivity contribution < 1.29 is 4.39 Å². The molecule has 1 aliphatic rings. The van der Waals surface area contributed by atoms with Crippen LogP contribution in [0, 0.1) is 17.2 Å². The topological polar surface area (TPSA) is 3.24 Å². The summed E-state index contributed by atoms with van der Waals surface area (Å²) in [5.74, 6) is 0.524. The highest BCUT2D eigenvalue weighted by Crippen LogP contribution is 2.36. The van der Waals surface area contributed by atoms with Gasteiger partial charge >= 0.3 is 0 Å². The van der Waals surface area contributed by atoms with Crippen molar-refractivity contribution in [3.05, 3.63) is 28.5 Å². The van der Waals surface area contributed by atoms with E-state index in [1.54, 1.807) is 12.1 Å². The SMILES string of the molecule is CC(C)(C)C1CN(c2ccc(Br)c(F)c2)C1. The zero-order chi connectivity index (χ0) is 11.9. The minimum absolute atomic E-state index is 0.184. The van der Waals surface area contributed by atoms with Crippen LogP contribution < -0.4 is 4.90 Å². The quantitative estimate of drug-likeness (QED) is 0.752. The Balaban J connectivity index is 2.04. The van der Waals surface area contributed by atoms with E-state index < -0.39 is 0 Å². The van der Waals surface area contributed by atoms with E-state index in [-0.39, 0.29) is 5.82 Å². The minimum atomic E-state index is -0.184. The maximum atomic E-state index is 13.4. The molecule has 16 heavy (non-hydrogen) atoms. The molecule has 0 N–H and O–H groups in total. The smallest absolute Gasteiger partial charge is 0.139 e. The van der Waals surface area contributed by atoms with Crippen LogP contribution in [-0.2, 0) is 0 Å². The molecule has 0 spiro atoms. The highest BCUT2D eigenvalue weighted by Gasteiger charge is 2.35. The molecule has 1 fully saturated rings. The third-order valence-corrected chi connectivity index (χ3v) is 4.02. The number of hydrogen-bond donors (Lipinski definition) is 0. The van der Waals surface area contributed by atoms with Crippen molar-refractivity contribution in [3.8, 4) is 0 Å². The summed E-state index contributed by atoms with van der Waals surface area (Å²) in [7, 11) is 0. The van der Waals surface area contributed by atoms with Crippen molar-refractivity contribution in [1.82, 2.24) is 0 Å². The second-order valence-corrected chi connectivity index (χ2v) is 6.42. The molecule has 0 amide bonds. The third kappa shape index (κ3) is 2.24. The van der Waals surface area contributed by atoms with E-state index in [0.29, 0.717) is 15.8 Å². The first-order valence-electron chi connectivity index (χ1n) is 5.58. The molecule has 0 aromatic heterocycles. The fourth-order valence-corrected chi connectivity index (χ4v) is 2.17. The van der Waals surface area contributed by atoms with E-state index in [9.17, 15) is 4.39 Å². The first-order chi connectivity index (χ1) is 7.38. The molecular weight excluding hydrogens is 269 g/mol. The predicted octanol–water partition coefficient (Wildman–Crippen LogP) is 4.07. The standard InChI is InChI=1S/C13H17BrFN/c1-13(2,3)9-7-16(8-9)10-4-5-11(14)12(15)6-10/h4-6,9H,7-8H2,1-3H3. The summed E-state index contributed by atoms with van der Waals surface area (Å²) >= 11 is 3.17. The molecule has 0 bridgehead atoms. The number of rotatable bonds is 1. The summed E-state index contributed by atoms with van der Waals surface area (Å²) < 4.78 is 13.9. The van der Waals surface area contributed by atoms with Gasteiger partial charge in [-0.15, -0.1) is 0 Å². The number of anilines is 1. The molecule has 3 heteroatoms. The van der Waals surface area contributed by atoms with Gasteiger partial charge in [0.25, 0.3) is 0 Å². The largest absolute Gasteiger partial charge is 0.371 e. The fourth-order valence-electron chi connectivity index (χ4n) is 1.92. The Hall–Kier alpha value is -0.570. The maximum Gasteiger partial charge on any atom is 0.139 e. The average molecular weight is 286 g/mol. The van der Waals surface area contributed by atoms with Gasteiger partial charge in [0.15, 0.2) is 0 Å². The maximum absolute atomic E-state index is 13.4. The van der Waals surface area contributed by atoms with E-state index in [4.69, 9.17) is 0 Å². The molecule has 1 nitrogen and oxygen atoms in total. The van der Waals surface area contributed by atoms with Crippen LogP contribution in [0.2, 0.25) is 0 Å². The van der Waals surface area contributed by atoms with E-state index >= 15 is 0 Å². The van der Waals surface area contributed by atoms with Gasteiger partial charge in [0.2, 0.25) is 0 Å². The fraction of sp³-hybridized carbons (Fsp3) is 0.538. The van der Waals surface area contributed by atoms with Gasteiger partial charge in [0, 0.05) is 18.8 Å². The molecule has 2 rings (SSSR count). The molecule has 1 aromatic carbocycles. The molecule has 88 valence electrons. The van der Waals surface area contributed by atoms with Crippen LogP contribution in [-0.4, -0.2) is 13.1 Å². The first kappa shape index (κ1) is 11.9. The lowest BCUT2D eigenvalue weighted by Crippen LogP contribution is -2.52. The third-order valence-electron chi connectivity index (χ3n) is 3.37. The zero-order valence-electron chi connectivity index (χ0n) is 9.93. The molecule has 0 aliphatic carbocycles. The summed E-state index contributed by atoms with van der Waals surface area (Å²) in [6.45, 7) is 8.85. The minimum Gasteiger partial charge on any atom is -0.371 e. The molecular formula is C13H17BrFN. The van der Waals surface area contributed by atoms with Crippen LogP contribution >= 0.6 is 15.9 Å². The first-order valence-corrected chi connectivity index (χ1v) is 6.37. The van der Waals surface area contributed by atoms with E-state index in [0.717, 1.165) is 18.8 Å². The summed E-state index contributed by atoms with van der Waals surface area (Å²) in [6, 6.07) is 5.34. The van der Waals surface area contributed by atoms with Gasteiger partial charge < -0.3 is 4.90 Å². The molecule has 0 atom stereocenters. The second-order valence-electron chi connectivity index (χ2n) is 5.57. The van der Waals surface area contributed by atoms with Crippen LogP contribution in [0.3, 0.4) is 0 Å². The highest BCUT2D eigenvalue weighted by molar-refractivity contribution is 9.10. The molecule has 0 unspecified atom stereocenters. The summed E-state index contributed by atoms with van der Waals surface area (Å²) in [6.07, 6.45) is 0. The molecule has 1 heterocycles. The Morgan fingerprint density at radius 2 is 1.94 bits per heavy atom. The van der Waals surface area contributed by atoms with Gasteiger partial charge in [-0.25, -0.2) is 4.39 Å². The summed E-state index contributed by atoms with van der Waals surface area (Å²) in [5, 5.41) is 0. The normalized spacial score (nSPS) is 17.4. The van der Waals surface area contributed by atoms with Crippen molar-refractivity contribution in [2.75, 3.05) is 18.0 Å². The van der Waals surface area contributed by atoms with Crippen LogP contribution in [0.25, 0.3) is 0 Å².